The van der Waals surface area contributed by atoms with Gasteiger partial charge in [-0.25, -0.2) is 0 Å². The summed E-state index contributed by atoms with van der Waals surface area (Å²) in [5, 5.41) is 2.28. The molecule has 0 heterocycles. The molecule has 0 rings (SSSR count). The first-order chi connectivity index (χ1) is 4.68. The van der Waals surface area contributed by atoms with E-state index in [0.717, 1.165) is 0 Å². The molecule has 0 aromatic carbocycles. The molecule has 0 aliphatic carbocycles. The molecule has 3 nitrogen and oxygen atoms in total. The molecule has 0 aromatic rings. The molecule has 0 saturated carbocycles. The molecular weight excluding hydrogens is 137 g/mol. The predicted octanol–water partition coefficient (Wildman–Crippen LogP) is -2.76. The average Bonchev–Trinajstić information content (AvgIpc) is 1.91. The molecule has 0 unspecified atom stereocenters. The molecule has 0 saturated heterocycles. The molecule has 0 fully saturated rings. The van der Waals surface area contributed by atoms with Crippen molar-refractivity contribution in [2.45, 2.75) is 0 Å². The quantitative estimate of drug-likeness (QED) is 0.343. The Bertz CT molecular complexity index is 76.8. The summed E-state index contributed by atoms with van der Waals surface area (Å²) in [5.41, 5.74) is 0. The van der Waals surface area contributed by atoms with E-state index in [1.54, 1.807) is 0 Å². The number of hydrogen-bond acceptors (Lipinski definition) is 2. The van der Waals surface area contributed by atoms with Crippen LogP contribution in [0.25, 0.3) is 0 Å². The predicted molar refractivity (Wildman–Crippen MR) is 41.0 cm³/mol. The van der Waals surface area contributed by atoms with E-state index in [0.29, 0.717) is 13.2 Å². The van der Waals surface area contributed by atoms with Crippen molar-refractivity contribution in [3.63, 3.8) is 0 Å². The van der Waals surface area contributed by atoms with Crippen LogP contribution >= 0.6 is 0 Å². The van der Waals surface area contributed by atoms with Gasteiger partial charge in [-0.05, 0) is 0 Å². The van der Waals surface area contributed by atoms with Crippen LogP contribution in [0.1, 0.15) is 0 Å². The van der Waals surface area contributed by atoms with Gasteiger partial charge in [0, 0.05) is 7.05 Å². The smallest absolute Gasteiger partial charge is 0.445 e. The maximum atomic E-state index is 9.59. The molecule has 0 bridgehead atoms. The Kier molecular flexibility index (Phi) is 25.6. The van der Waals surface area contributed by atoms with E-state index in [1.807, 2.05) is 0 Å². The van der Waals surface area contributed by atoms with Crippen LogP contribution in [0, 0.1) is 20.8 Å². The van der Waals surface area contributed by atoms with E-state index in [2.05, 4.69) is 30.8 Å². The largest absolute Gasteiger partial charge is 1.00 e. The fourth-order valence-corrected chi connectivity index (χ4v) is 0.102. The number of nitrogens with one attached hydrogen (secondary N) is 1. The molecule has 0 radical (unpaired) electrons. The van der Waals surface area contributed by atoms with Gasteiger partial charge in [-0.15, -0.1) is 0 Å². The van der Waals surface area contributed by atoms with Crippen molar-refractivity contribution >= 4 is 5.91 Å². The summed E-state index contributed by atoms with van der Waals surface area (Å²) in [6, 6.07) is 0. The molecule has 11 heavy (non-hydrogen) atoms. The topological polar surface area (TPSA) is 38.3 Å². The Labute approximate surface area is 81.1 Å². The van der Waals surface area contributed by atoms with Crippen molar-refractivity contribution in [3.05, 3.63) is 20.8 Å². The summed E-state index contributed by atoms with van der Waals surface area (Å²) in [7, 11) is 1.54. The van der Waals surface area contributed by atoms with Gasteiger partial charge in [-0.1, -0.05) is 13.2 Å². The van der Waals surface area contributed by atoms with Gasteiger partial charge >= 0.3 is 18.9 Å². The normalized spacial score (nSPS) is 6.82. The Morgan fingerprint density at radius 3 is 1.73 bits per heavy atom. The second kappa shape index (κ2) is 16.5. The molecule has 0 aromatic heterocycles. The summed E-state index contributed by atoms with van der Waals surface area (Å²) in [6.07, 6.45) is 0. The third-order valence-corrected chi connectivity index (χ3v) is 0.568. The summed E-state index contributed by atoms with van der Waals surface area (Å²) < 4.78 is 4.61. The van der Waals surface area contributed by atoms with Gasteiger partial charge in [0.05, 0.1) is 5.91 Å². The minimum Gasteiger partial charge on any atom is -0.445 e. The zero-order valence-electron chi connectivity index (χ0n) is 7.35. The van der Waals surface area contributed by atoms with Gasteiger partial charge in [0.2, 0.25) is 0 Å². The molecular formula is C7H14LiNO2-2. The van der Waals surface area contributed by atoms with Gasteiger partial charge in [0.25, 0.3) is 0 Å². The monoisotopic (exact) mass is 151 g/mol. The second-order valence-electron chi connectivity index (χ2n) is 1.29. The van der Waals surface area contributed by atoms with Crippen LogP contribution in [-0.2, 0) is 9.53 Å². The Morgan fingerprint density at radius 1 is 1.45 bits per heavy atom. The molecule has 4 heteroatoms. The van der Waals surface area contributed by atoms with Crippen LogP contribution in [0.4, 0.5) is 0 Å². The van der Waals surface area contributed by atoms with Crippen molar-refractivity contribution in [2.24, 2.45) is 0 Å². The van der Waals surface area contributed by atoms with Crippen LogP contribution in [0.3, 0.4) is 0 Å². The van der Waals surface area contributed by atoms with Crippen LogP contribution in [0.15, 0.2) is 0 Å². The van der Waals surface area contributed by atoms with E-state index < -0.39 is 0 Å². The third kappa shape index (κ3) is 40.6. The molecule has 0 spiro atoms. The Morgan fingerprint density at radius 2 is 1.73 bits per heavy atom. The summed E-state index contributed by atoms with van der Waals surface area (Å²) in [6.45, 7) is 10.9. The Balaban J connectivity index is -0.000000107. The van der Waals surface area contributed by atoms with Crippen molar-refractivity contribution in [1.29, 1.82) is 0 Å². The molecule has 0 aliphatic rings. The fourth-order valence-electron chi connectivity index (χ4n) is 0.102. The summed E-state index contributed by atoms with van der Waals surface area (Å²) in [4.78, 5) is 9.59. The second-order valence-corrected chi connectivity index (χ2v) is 1.29. The zero-order chi connectivity index (χ0) is 8.41. The van der Waals surface area contributed by atoms with Gasteiger partial charge in [0.15, 0.2) is 0 Å². The molecule has 1 amide bonds. The van der Waals surface area contributed by atoms with Gasteiger partial charge < -0.3 is 35.6 Å². The Hall–Kier alpha value is -0.103. The first-order valence-corrected chi connectivity index (χ1v) is 2.89. The van der Waals surface area contributed by atoms with E-state index in [1.165, 1.54) is 7.05 Å². The molecule has 62 valence electrons. The first-order valence-electron chi connectivity index (χ1n) is 2.89. The fraction of sp³-hybridized carbons (Fsp3) is 0.429. The number of carbonyl (C=O) groups is 1. The molecule has 0 atom stereocenters. The van der Waals surface area contributed by atoms with Crippen molar-refractivity contribution in [3.8, 4) is 0 Å². The number of ether oxygens (including phenoxy) is 1. The van der Waals surface area contributed by atoms with Gasteiger partial charge in [-0.3, -0.25) is 0 Å². The number of rotatable bonds is 2. The standard InChI is InChI=1S/C4H8O.C3H6NO.Li/c1-3-5-4-2;1-3(5)4-2;/h1-4H2;1H2,2H3,(H,4,5);/q-2;-1;+1. The zero-order valence-corrected chi connectivity index (χ0v) is 7.35. The van der Waals surface area contributed by atoms with Crippen molar-refractivity contribution < 1.29 is 28.4 Å². The maximum absolute atomic E-state index is 9.59. The molecule has 0 aliphatic heterocycles. The van der Waals surface area contributed by atoms with E-state index in [4.69, 9.17) is 0 Å². The number of carbonyl (C=O) groups excluding carboxylic acids is 1. The maximum Gasteiger partial charge on any atom is 1.00 e. The third-order valence-electron chi connectivity index (χ3n) is 0.568. The average molecular weight is 151 g/mol. The molecule has 1 N–H and O–H groups in total. The van der Waals surface area contributed by atoms with Gasteiger partial charge in [0.1, 0.15) is 0 Å². The number of hydrogen-bond donors (Lipinski definition) is 1. The van der Waals surface area contributed by atoms with E-state index in [9.17, 15) is 4.79 Å². The minimum atomic E-state index is -0.245. The summed E-state index contributed by atoms with van der Waals surface area (Å²) >= 11 is 0. The van der Waals surface area contributed by atoms with Crippen LogP contribution in [0.2, 0.25) is 0 Å². The van der Waals surface area contributed by atoms with Gasteiger partial charge in [-0.2, -0.15) is 0 Å². The summed E-state index contributed by atoms with van der Waals surface area (Å²) in [5.74, 6) is -0.245. The first kappa shape index (κ1) is 17.1. The van der Waals surface area contributed by atoms with Crippen LogP contribution < -0.4 is 24.2 Å². The minimum absolute atomic E-state index is 0. The van der Waals surface area contributed by atoms with Crippen molar-refractivity contribution in [1.82, 2.24) is 5.32 Å². The van der Waals surface area contributed by atoms with Crippen LogP contribution in [-0.4, -0.2) is 26.2 Å². The SMILES string of the molecule is [CH2-]C(=O)NC.[CH2-]COC[CH2-].[Li+]. The van der Waals surface area contributed by atoms with E-state index in [-0.39, 0.29) is 24.8 Å². The van der Waals surface area contributed by atoms with Crippen molar-refractivity contribution in [2.75, 3.05) is 20.3 Å². The van der Waals surface area contributed by atoms with E-state index >= 15 is 0 Å². The number of amides is 1. The van der Waals surface area contributed by atoms with Crippen LogP contribution in [0.5, 0.6) is 0 Å².